The second-order valence-corrected chi connectivity index (χ2v) is 9.11. The first-order valence-electron chi connectivity index (χ1n) is 7.34. The summed E-state index contributed by atoms with van der Waals surface area (Å²) in [5, 5.41) is 3.71. The lowest BCUT2D eigenvalue weighted by Crippen LogP contribution is -2.40. The van der Waals surface area contributed by atoms with Crippen LogP contribution in [0.3, 0.4) is 0 Å². The van der Waals surface area contributed by atoms with Crippen molar-refractivity contribution in [2.75, 3.05) is 42.2 Å². The highest BCUT2D eigenvalue weighted by atomic mass is 32.2. The first-order valence-corrected chi connectivity index (χ1v) is 10.9. The molecule has 1 aliphatic rings. The van der Waals surface area contributed by atoms with E-state index in [0.717, 1.165) is 17.1 Å². The third-order valence-corrected chi connectivity index (χ3v) is 6.94. The Kier molecular flexibility index (Phi) is 5.52. The van der Waals surface area contributed by atoms with E-state index in [0.29, 0.717) is 30.6 Å². The largest absolute Gasteiger partial charge is 0.359 e. The van der Waals surface area contributed by atoms with Gasteiger partial charge < -0.3 is 5.32 Å². The molecule has 3 rings (SSSR count). The molecule has 0 atom stereocenters. The predicted molar refractivity (Wildman–Crippen MR) is 96.5 cm³/mol. The Bertz CT molecular complexity index is 727. The molecule has 9 heteroatoms. The number of nitrogens with one attached hydrogen (secondary N) is 1. The molecule has 2 aromatic rings. The number of sulfonamides is 1. The summed E-state index contributed by atoms with van der Waals surface area (Å²) in [4.78, 5) is 4.40. The maximum absolute atomic E-state index is 12.2. The van der Waals surface area contributed by atoms with Crippen LogP contribution >= 0.6 is 23.3 Å². The average molecular weight is 371 g/mol. The van der Waals surface area contributed by atoms with Gasteiger partial charge in [0.15, 0.2) is 5.82 Å². The van der Waals surface area contributed by atoms with E-state index in [1.165, 1.54) is 11.5 Å². The van der Waals surface area contributed by atoms with Gasteiger partial charge in [0.05, 0.1) is 5.75 Å². The van der Waals surface area contributed by atoms with Crippen LogP contribution in [0, 0.1) is 0 Å². The molecule has 0 unspecified atom stereocenters. The lowest BCUT2D eigenvalue weighted by atomic mass is 10.2. The van der Waals surface area contributed by atoms with E-state index < -0.39 is 10.0 Å². The van der Waals surface area contributed by atoms with Crippen molar-refractivity contribution in [3.8, 4) is 11.4 Å². The fraction of sp³-hybridized carbons (Fsp3) is 0.429. The number of thioether (sulfide) groups is 1. The highest BCUT2D eigenvalue weighted by Crippen LogP contribution is 2.20. The van der Waals surface area contributed by atoms with Crippen LogP contribution in [-0.2, 0) is 10.0 Å². The van der Waals surface area contributed by atoms with Crippen LogP contribution < -0.4 is 5.32 Å². The Hall–Kier alpha value is -1.16. The van der Waals surface area contributed by atoms with E-state index in [1.807, 2.05) is 30.3 Å². The standard InChI is InChI=1S/C14H18N4O2S3/c19-23(20,18-7-9-21-10-8-18)11-6-15-14-16-13(17-22-14)12-4-2-1-3-5-12/h1-5H,6-11H2,(H,15,16,17). The lowest BCUT2D eigenvalue weighted by Gasteiger charge is -2.25. The lowest BCUT2D eigenvalue weighted by molar-refractivity contribution is 0.444. The van der Waals surface area contributed by atoms with Gasteiger partial charge >= 0.3 is 0 Å². The van der Waals surface area contributed by atoms with Crippen LogP contribution in [0.4, 0.5) is 5.13 Å². The zero-order chi connectivity index (χ0) is 16.1. The number of hydrogen-bond donors (Lipinski definition) is 1. The first kappa shape index (κ1) is 16.7. The summed E-state index contributed by atoms with van der Waals surface area (Å²) in [6, 6.07) is 9.72. The van der Waals surface area contributed by atoms with E-state index in [2.05, 4.69) is 14.7 Å². The molecule has 1 aromatic heterocycles. The number of rotatable bonds is 6. The minimum Gasteiger partial charge on any atom is -0.359 e. The molecule has 124 valence electrons. The van der Waals surface area contributed by atoms with Crippen LogP contribution in [0.2, 0.25) is 0 Å². The summed E-state index contributed by atoms with van der Waals surface area (Å²) in [5.74, 6) is 2.50. The number of aromatic nitrogens is 2. The van der Waals surface area contributed by atoms with Crippen molar-refractivity contribution in [2.45, 2.75) is 0 Å². The van der Waals surface area contributed by atoms with Crippen molar-refractivity contribution in [1.29, 1.82) is 0 Å². The van der Waals surface area contributed by atoms with Gasteiger partial charge in [-0.15, -0.1) is 0 Å². The minimum absolute atomic E-state index is 0.0813. The van der Waals surface area contributed by atoms with Gasteiger partial charge in [0.25, 0.3) is 0 Å². The Morgan fingerprint density at radius 1 is 1.17 bits per heavy atom. The van der Waals surface area contributed by atoms with Gasteiger partial charge in [-0.25, -0.2) is 12.7 Å². The highest BCUT2D eigenvalue weighted by Gasteiger charge is 2.23. The molecule has 0 spiro atoms. The maximum atomic E-state index is 12.2. The minimum atomic E-state index is -3.18. The molecule has 2 heterocycles. The molecule has 0 amide bonds. The molecule has 0 bridgehead atoms. The Labute approximate surface area is 144 Å². The second-order valence-electron chi connectivity index (χ2n) is 5.04. The van der Waals surface area contributed by atoms with Gasteiger partial charge in [-0.3, -0.25) is 0 Å². The van der Waals surface area contributed by atoms with Crippen LogP contribution in [-0.4, -0.2) is 59.0 Å². The summed E-state index contributed by atoms with van der Waals surface area (Å²) in [6.45, 7) is 1.57. The quantitative estimate of drug-likeness (QED) is 0.838. The third-order valence-electron chi connectivity index (χ3n) is 3.46. The number of benzene rings is 1. The molecule has 1 N–H and O–H groups in total. The summed E-state index contributed by atoms with van der Waals surface area (Å²) in [7, 11) is -3.18. The topological polar surface area (TPSA) is 75.2 Å². The summed E-state index contributed by atoms with van der Waals surface area (Å²) < 4.78 is 30.4. The second kappa shape index (κ2) is 7.61. The molecule has 0 saturated carbocycles. The van der Waals surface area contributed by atoms with Crippen LogP contribution in [0.25, 0.3) is 11.4 Å². The molecule has 0 radical (unpaired) electrons. The molecule has 6 nitrogen and oxygen atoms in total. The SMILES string of the molecule is O=S(=O)(CCNc1nc(-c2ccccc2)ns1)N1CCSCC1. The van der Waals surface area contributed by atoms with Crippen molar-refractivity contribution in [1.82, 2.24) is 13.7 Å². The average Bonchev–Trinajstić information content (AvgIpc) is 3.05. The van der Waals surface area contributed by atoms with E-state index in [1.54, 1.807) is 16.1 Å². The van der Waals surface area contributed by atoms with Crippen molar-refractivity contribution in [3.05, 3.63) is 30.3 Å². The third kappa shape index (κ3) is 4.43. The summed E-state index contributed by atoms with van der Waals surface area (Å²) >= 11 is 3.04. The summed E-state index contributed by atoms with van der Waals surface area (Å²) in [6.07, 6.45) is 0. The fourth-order valence-electron chi connectivity index (χ4n) is 2.24. The fourth-order valence-corrected chi connectivity index (χ4v) is 5.35. The molecule has 1 aliphatic heterocycles. The molecular weight excluding hydrogens is 352 g/mol. The van der Waals surface area contributed by atoms with E-state index in [9.17, 15) is 8.42 Å². The van der Waals surface area contributed by atoms with E-state index in [-0.39, 0.29) is 5.75 Å². The Morgan fingerprint density at radius 2 is 1.91 bits per heavy atom. The van der Waals surface area contributed by atoms with Crippen molar-refractivity contribution in [3.63, 3.8) is 0 Å². The van der Waals surface area contributed by atoms with Gasteiger partial charge in [0, 0.05) is 48.2 Å². The maximum Gasteiger partial charge on any atom is 0.215 e. The Balaban J connectivity index is 1.54. The molecule has 23 heavy (non-hydrogen) atoms. The van der Waals surface area contributed by atoms with E-state index in [4.69, 9.17) is 0 Å². The molecule has 1 aromatic carbocycles. The van der Waals surface area contributed by atoms with E-state index >= 15 is 0 Å². The van der Waals surface area contributed by atoms with Gasteiger partial charge in [-0.05, 0) is 0 Å². The zero-order valence-corrected chi connectivity index (χ0v) is 15.0. The monoisotopic (exact) mass is 370 g/mol. The summed E-state index contributed by atoms with van der Waals surface area (Å²) in [5.41, 5.74) is 0.954. The van der Waals surface area contributed by atoms with Crippen molar-refractivity contribution < 1.29 is 8.42 Å². The predicted octanol–water partition coefficient (Wildman–Crippen LogP) is 2.00. The van der Waals surface area contributed by atoms with Gasteiger partial charge in [-0.1, -0.05) is 30.3 Å². The molecule has 0 aliphatic carbocycles. The van der Waals surface area contributed by atoms with Crippen molar-refractivity contribution >= 4 is 38.4 Å². The van der Waals surface area contributed by atoms with Crippen LogP contribution in [0.15, 0.2) is 30.3 Å². The number of anilines is 1. The molecule has 1 fully saturated rings. The van der Waals surface area contributed by atoms with Gasteiger partial charge in [0.1, 0.15) is 0 Å². The molecular formula is C14H18N4O2S3. The van der Waals surface area contributed by atoms with Gasteiger partial charge in [-0.2, -0.15) is 21.1 Å². The normalized spacial score (nSPS) is 16.3. The Morgan fingerprint density at radius 3 is 2.65 bits per heavy atom. The highest BCUT2D eigenvalue weighted by molar-refractivity contribution is 7.99. The zero-order valence-electron chi connectivity index (χ0n) is 12.5. The molecule has 1 saturated heterocycles. The number of nitrogens with zero attached hydrogens (tertiary/aromatic N) is 3. The first-order chi connectivity index (χ1) is 11.1. The number of hydrogen-bond acceptors (Lipinski definition) is 7. The van der Waals surface area contributed by atoms with Gasteiger partial charge in [0.2, 0.25) is 15.2 Å². The van der Waals surface area contributed by atoms with Crippen LogP contribution in [0.1, 0.15) is 0 Å². The smallest absolute Gasteiger partial charge is 0.215 e. The van der Waals surface area contributed by atoms with Crippen molar-refractivity contribution in [2.24, 2.45) is 0 Å². The van der Waals surface area contributed by atoms with Crippen LogP contribution in [0.5, 0.6) is 0 Å².